The van der Waals surface area contributed by atoms with Crippen LogP contribution in [0.4, 0.5) is 5.69 Å². The number of hydrogen-bond acceptors (Lipinski definition) is 5. The number of hydrogen-bond donors (Lipinski definition) is 2. The lowest BCUT2D eigenvalue weighted by Gasteiger charge is -2.28. The first-order chi connectivity index (χ1) is 11.1. The molecule has 0 aliphatic carbocycles. The number of ether oxygens (including phenoxy) is 1. The Labute approximate surface area is 134 Å². The van der Waals surface area contributed by atoms with E-state index < -0.39 is 6.04 Å². The summed E-state index contributed by atoms with van der Waals surface area (Å²) >= 11 is 0. The zero-order valence-electron chi connectivity index (χ0n) is 13.2. The van der Waals surface area contributed by atoms with Crippen LogP contribution in [0.1, 0.15) is 22.0 Å². The highest BCUT2D eigenvalue weighted by Gasteiger charge is 2.20. The zero-order chi connectivity index (χ0) is 16.4. The summed E-state index contributed by atoms with van der Waals surface area (Å²) in [5, 5.41) is 16.4. The Bertz CT molecular complexity index is 713. The number of aromatic nitrogens is 2. The maximum atomic E-state index is 12.5. The number of aliphatic hydroxyl groups is 1. The largest absolute Gasteiger partial charge is 0.490 e. The molecular formula is C16H20N4O3. The molecule has 122 valence electrons. The number of likely N-dealkylation sites (N-methyl/N-ethyl adjacent to an activating group) is 1. The van der Waals surface area contributed by atoms with Crippen molar-refractivity contribution in [1.29, 1.82) is 0 Å². The van der Waals surface area contributed by atoms with Crippen LogP contribution in [0.3, 0.4) is 0 Å². The van der Waals surface area contributed by atoms with Gasteiger partial charge in [0.25, 0.3) is 5.91 Å². The molecule has 1 unspecified atom stereocenters. The highest BCUT2D eigenvalue weighted by molar-refractivity contribution is 5.96. The number of fused-ring (bicyclic) bond motifs is 1. The van der Waals surface area contributed by atoms with Crippen molar-refractivity contribution < 1.29 is 14.6 Å². The third-order valence-electron chi connectivity index (χ3n) is 3.93. The molecule has 2 heterocycles. The Morgan fingerprint density at radius 1 is 1.48 bits per heavy atom. The molecule has 0 saturated carbocycles. The van der Waals surface area contributed by atoms with Gasteiger partial charge in [-0.3, -0.25) is 9.48 Å². The van der Waals surface area contributed by atoms with Crippen molar-refractivity contribution in [2.75, 3.05) is 31.7 Å². The van der Waals surface area contributed by atoms with Gasteiger partial charge >= 0.3 is 0 Å². The lowest BCUT2D eigenvalue weighted by Crippen LogP contribution is -2.32. The van der Waals surface area contributed by atoms with Gasteiger partial charge in [0.2, 0.25) is 0 Å². The average molecular weight is 316 g/mol. The number of aliphatic hydroxyl groups excluding tert-OH is 1. The van der Waals surface area contributed by atoms with E-state index in [0.29, 0.717) is 12.2 Å². The predicted molar refractivity (Wildman–Crippen MR) is 85.7 cm³/mol. The molecule has 3 rings (SSSR count). The van der Waals surface area contributed by atoms with Gasteiger partial charge in [-0.05, 0) is 18.2 Å². The van der Waals surface area contributed by atoms with Gasteiger partial charge in [0.1, 0.15) is 12.4 Å². The Morgan fingerprint density at radius 2 is 2.30 bits per heavy atom. The van der Waals surface area contributed by atoms with Crippen LogP contribution in [0.25, 0.3) is 0 Å². The Kier molecular flexibility index (Phi) is 4.20. The second-order valence-corrected chi connectivity index (χ2v) is 5.61. The first-order valence-corrected chi connectivity index (χ1v) is 7.46. The molecule has 1 aliphatic heterocycles. The van der Waals surface area contributed by atoms with Crippen LogP contribution in [0.5, 0.6) is 5.75 Å². The highest BCUT2D eigenvalue weighted by atomic mass is 16.5. The standard InChI is InChI=1S/C16H20N4O3/c1-19-5-6-23-15-4-3-11(7-14(15)19)16(22)18-13(10-21)12-8-17-20(2)9-12/h3-4,7-9,13,21H,5-6,10H2,1-2H3,(H,18,22). The monoisotopic (exact) mass is 316 g/mol. The third kappa shape index (κ3) is 3.14. The van der Waals surface area contributed by atoms with Gasteiger partial charge < -0.3 is 20.1 Å². The van der Waals surface area contributed by atoms with Gasteiger partial charge in [0.05, 0.1) is 31.1 Å². The number of carbonyl (C=O) groups excluding carboxylic acids is 1. The molecule has 0 saturated heterocycles. The Balaban J connectivity index is 1.79. The molecule has 1 amide bonds. The van der Waals surface area contributed by atoms with Crippen LogP contribution >= 0.6 is 0 Å². The van der Waals surface area contributed by atoms with Gasteiger partial charge in [-0.15, -0.1) is 0 Å². The second-order valence-electron chi connectivity index (χ2n) is 5.61. The van der Waals surface area contributed by atoms with Crippen molar-refractivity contribution in [3.8, 4) is 5.75 Å². The summed E-state index contributed by atoms with van der Waals surface area (Å²) in [4.78, 5) is 14.5. The van der Waals surface area contributed by atoms with Crippen molar-refractivity contribution in [2.24, 2.45) is 7.05 Å². The van der Waals surface area contributed by atoms with Crippen LogP contribution < -0.4 is 15.0 Å². The van der Waals surface area contributed by atoms with E-state index in [9.17, 15) is 9.90 Å². The van der Waals surface area contributed by atoms with E-state index in [1.807, 2.05) is 13.1 Å². The summed E-state index contributed by atoms with van der Waals surface area (Å²) < 4.78 is 7.21. The SMILES string of the molecule is CN1CCOc2ccc(C(=O)NC(CO)c3cnn(C)c3)cc21. The molecule has 0 radical (unpaired) electrons. The number of nitrogens with one attached hydrogen (secondary N) is 1. The van der Waals surface area contributed by atoms with E-state index in [0.717, 1.165) is 23.5 Å². The van der Waals surface area contributed by atoms with Gasteiger partial charge in [-0.2, -0.15) is 5.10 Å². The minimum Gasteiger partial charge on any atom is -0.490 e. The van der Waals surface area contributed by atoms with Crippen molar-refractivity contribution in [3.05, 3.63) is 41.7 Å². The summed E-state index contributed by atoms with van der Waals surface area (Å²) in [5.74, 6) is 0.538. The fraction of sp³-hybridized carbons (Fsp3) is 0.375. The van der Waals surface area contributed by atoms with Crippen LogP contribution in [0.15, 0.2) is 30.6 Å². The van der Waals surface area contributed by atoms with Crippen molar-refractivity contribution in [2.45, 2.75) is 6.04 Å². The number of aryl methyl sites for hydroxylation is 1. The summed E-state index contributed by atoms with van der Waals surface area (Å²) in [7, 11) is 3.76. The molecule has 7 nitrogen and oxygen atoms in total. The number of carbonyl (C=O) groups is 1. The normalized spacial score (nSPS) is 14.8. The van der Waals surface area contributed by atoms with Gasteiger partial charge in [-0.1, -0.05) is 0 Å². The number of nitrogens with zero attached hydrogens (tertiary/aromatic N) is 3. The van der Waals surface area contributed by atoms with E-state index in [4.69, 9.17) is 4.74 Å². The quantitative estimate of drug-likeness (QED) is 0.868. The fourth-order valence-corrected chi connectivity index (χ4v) is 2.59. The maximum Gasteiger partial charge on any atom is 0.251 e. The van der Waals surface area contributed by atoms with Gasteiger partial charge in [0, 0.05) is 31.4 Å². The molecule has 1 atom stereocenters. The number of benzene rings is 1. The summed E-state index contributed by atoms with van der Waals surface area (Å²) in [5.41, 5.74) is 2.19. The van der Waals surface area contributed by atoms with Crippen molar-refractivity contribution in [1.82, 2.24) is 15.1 Å². The third-order valence-corrected chi connectivity index (χ3v) is 3.93. The van der Waals surface area contributed by atoms with E-state index in [1.54, 1.807) is 36.3 Å². The van der Waals surface area contributed by atoms with Crippen molar-refractivity contribution >= 4 is 11.6 Å². The number of rotatable bonds is 4. The van der Waals surface area contributed by atoms with Crippen molar-refractivity contribution in [3.63, 3.8) is 0 Å². The summed E-state index contributed by atoms with van der Waals surface area (Å²) in [6.07, 6.45) is 3.41. The van der Waals surface area contributed by atoms with E-state index in [2.05, 4.69) is 15.3 Å². The minimum atomic E-state index is -0.485. The number of amides is 1. The molecule has 1 aromatic heterocycles. The lowest BCUT2D eigenvalue weighted by molar-refractivity contribution is 0.0916. The van der Waals surface area contributed by atoms with E-state index in [-0.39, 0.29) is 12.5 Å². The maximum absolute atomic E-state index is 12.5. The molecule has 0 bridgehead atoms. The van der Waals surface area contributed by atoms with E-state index >= 15 is 0 Å². The van der Waals surface area contributed by atoms with Gasteiger partial charge in [0.15, 0.2) is 0 Å². The molecule has 1 aliphatic rings. The molecule has 2 N–H and O–H groups in total. The molecule has 23 heavy (non-hydrogen) atoms. The first-order valence-electron chi connectivity index (χ1n) is 7.46. The van der Waals surface area contributed by atoms with Crippen LogP contribution in [0.2, 0.25) is 0 Å². The smallest absolute Gasteiger partial charge is 0.251 e. The fourth-order valence-electron chi connectivity index (χ4n) is 2.59. The lowest BCUT2D eigenvalue weighted by atomic mass is 10.1. The molecule has 1 aromatic carbocycles. The molecular weight excluding hydrogens is 296 g/mol. The topological polar surface area (TPSA) is 79.6 Å². The van der Waals surface area contributed by atoms with Crippen LogP contribution in [-0.4, -0.2) is 47.6 Å². The second kappa shape index (κ2) is 6.29. The molecule has 2 aromatic rings. The van der Waals surface area contributed by atoms with E-state index in [1.165, 1.54) is 0 Å². The predicted octanol–water partition coefficient (Wildman–Crippen LogP) is 0.712. The average Bonchev–Trinajstić information content (AvgIpc) is 2.99. The van der Waals surface area contributed by atoms with Gasteiger partial charge in [-0.25, -0.2) is 0 Å². The zero-order valence-corrected chi connectivity index (χ0v) is 13.2. The van der Waals surface area contributed by atoms with Crippen LogP contribution in [0, 0.1) is 0 Å². The minimum absolute atomic E-state index is 0.189. The van der Waals surface area contributed by atoms with Crippen LogP contribution in [-0.2, 0) is 7.05 Å². The number of anilines is 1. The first kappa shape index (κ1) is 15.4. The molecule has 0 spiro atoms. The summed E-state index contributed by atoms with van der Waals surface area (Å²) in [6.45, 7) is 1.24. The Hall–Kier alpha value is -2.54. The summed E-state index contributed by atoms with van der Waals surface area (Å²) in [6, 6.07) is 4.85. The Morgan fingerprint density at radius 3 is 3.00 bits per heavy atom. The highest BCUT2D eigenvalue weighted by Crippen LogP contribution is 2.31. The molecule has 7 heteroatoms. The molecule has 0 fully saturated rings.